The highest BCUT2D eigenvalue weighted by Gasteiger charge is 2.28. The number of amides is 2. The van der Waals surface area contributed by atoms with E-state index >= 15 is 0 Å². The number of nitrogens with zero attached hydrogens (tertiary/aromatic N) is 6. The van der Waals surface area contributed by atoms with Crippen molar-refractivity contribution in [2.45, 2.75) is 26.3 Å². The van der Waals surface area contributed by atoms with Gasteiger partial charge in [0.2, 0.25) is 0 Å². The third-order valence-corrected chi connectivity index (χ3v) is 6.52. The number of hydrogen-bond acceptors (Lipinski definition) is 6. The molecule has 1 saturated heterocycles. The molecule has 3 heterocycles. The summed E-state index contributed by atoms with van der Waals surface area (Å²) in [4.78, 5) is 37.8. The molecule has 38 heavy (non-hydrogen) atoms. The topological polar surface area (TPSA) is 94.7 Å². The summed E-state index contributed by atoms with van der Waals surface area (Å²) in [5.74, 6) is 1.45. The smallest absolute Gasteiger partial charge is 0.411 e. The van der Waals surface area contributed by atoms with E-state index in [0.717, 1.165) is 22.8 Å². The van der Waals surface area contributed by atoms with Crippen molar-refractivity contribution in [3.05, 3.63) is 85.5 Å². The Bertz CT molecular complexity index is 1260. The Morgan fingerprint density at radius 1 is 0.658 bits per heavy atom. The summed E-state index contributed by atoms with van der Waals surface area (Å²) in [5.41, 5.74) is 1.88. The Morgan fingerprint density at radius 2 is 1.03 bits per heavy atom. The van der Waals surface area contributed by atoms with Crippen LogP contribution in [0.15, 0.2) is 85.5 Å². The maximum absolute atomic E-state index is 12.9. The van der Waals surface area contributed by atoms with Crippen molar-refractivity contribution in [3.8, 4) is 22.8 Å². The molecule has 2 aromatic heterocycles. The lowest BCUT2D eigenvalue weighted by atomic mass is 10.2. The molecule has 0 aliphatic carbocycles. The van der Waals surface area contributed by atoms with Crippen molar-refractivity contribution in [2.75, 3.05) is 26.2 Å². The second-order valence-electron chi connectivity index (χ2n) is 8.99. The second kappa shape index (κ2) is 11.2. The summed E-state index contributed by atoms with van der Waals surface area (Å²) in [6, 6.07) is 19.5. The molecule has 0 radical (unpaired) electrons. The van der Waals surface area contributed by atoms with Gasteiger partial charge in [0.15, 0.2) is 12.5 Å². The highest BCUT2D eigenvalue weighted by molar-refractivity contribution is 5.70. The zero-order valence-electron chi connectivity index (χ0n) is 21.4. The predicted molar refractivity (Wildman–Crippen MR) is 141 cm³/mol. The van der Waals surface area contributed by atoms with Gasteiger partial charge in [0.05, 0.1) is 0 Å². The lowest BCUT2D eigenvalue weighted by molar-refractivity contribution is 0.0113. The van der Waals surface area contributed by atoms with Crippen molar-refractivity contribution < 1.29 is 19.1 Å². The van der Waals surface area contributed by atoms with Crippen LogP contribution in [0.3, 0.4) is 0 Å². The molecule has 2 atom stereocenters. The standard InChI is InChI=1S/C28H30N6O4/c1-21(33-15-13-29-25(33)23-9-5-3-6-10-23)37-27(35)31-17-19-32(20-18-31)28(36)38-22(2)34-16-14-30-26(34)24-11-7-4-8-12-24/h3-16,21-22H,17-20H2,1-2H3/t21-,22-/m1/s1. The highest BCUT2D eigenvalue weighted by Crippen LogP contribution is 2.24. The first kappa shape index (κ1) is 25.1. The maximum atomic E-state index is 12.9. The molecule has 0 bridgehead atoms. The molecule has 196 valence electrons. The van der Waals surface area contributed by atoms with Crippen LogP contribution in [-0.2, 0) is 9.47 Å². The van der Waals surface area contributed by atoms with Crippen LogP contribution >= 0.6 is 0 Å². The minimum Gasteiger partial charge on any atom is -0.425 e. The van der Waals surface area contributed by atoms with E-state index < -0.39 is 24.6 Å². The molecule has 1 aliphatic rings. The van der Waals surface area contributed by atoms with E-state index in [1.165, 1.54) is 0 Å². The van der Waals surface area contributed by atoms with E-state index in [0.29, 0.717) is 26.2 Å². The first-order chi connectivity index (χ1) is 18.5. The van der Waals surface area contributed by atoms with Gasteiger partial charge in [-0.15, -0.1) is 0 Å². The zero-order valence-corrected chi connectivity index (χ0v) is 21.4. The van der Waals surface area contributed by atoms with Crippen LogP contribution in [-0.4, -0.2) is 67.3 Å². The minimum absolute atomic E-state index is 0.352. The van der Waals surface area contributed by atoms with E-state index in [9.17, 15) is 9.59 Å². The van der Waals surface area contributed by atoms with Gasteiger partial charge in [0, 0.05) is 62.1 Å². The number of carbonyl (C=O) groups is 2. The molecule has 0 unspecified atom stereocenters. The molecule has 0 N–H and O–H groups in total. The predicted octanol–water partition coefficient (Wildman–Crippen LogP) is 5.04. The van der Waals surface area contributed by atoms with Crippen molar-refractivity contribution in [3.63, 3.8) is 0 Å². The minimum atomic E-state index is -0.543. The average molecular weight is 515 g/mol. The van der Waals surface area contributed by atoms with Crippen molar-refractivity contribution >= 4 is 12.2 Å². The van der Waals surface area contributed by atoms with Crippen LogP contribution in [0.1, 0.15) is 26.3 Å². The summed E-state index contributed by atoms with van der Waals surface area (Å²) >= 11 is 0. The van der Waals surface area contributed by atoms with Gasteiger partial charge in [-0.1, -0.05) is 60.7 Å². The molecule has 1 fully saturated rings. The molecular weight excluding hydrogens is 484 g/mol. The summed E-state index contributed by atoms with van der Waals surface area (Å²) in [6.45, 7) is 5.02. The van der Waals surface area contributed by atoms with Crippen molar-refractivity contribution in [2.24, 2.45) is 0 Å². The third-order valence-electron chi connectivity index (χ3n) is 6.52. The van der Waals surface area contributed by atoms with E-state index in [-0.39, 0.29) is 0 Å². The molecule has 0 saturated carbocycles. The average Bonchev–Trinajstić information content (AvgIpc) is 3.65. The van der Waals surface area contributed by atoms with Gasteiger partial charge in [-0.3, -0.25) is 9.13 Å². The van der Waals surface area contributed by atoms with Gasteiger partial charge < -0.3 is 19.3 Å². The monoisotopic (exact) mass is 514 g/mol. The number of ether oxygens (including phenoxy) is 2. The fraction of sp³-hybridized carbons (Fsp3) is 0.286. The van der Waals surface area contributed by atoms with Crippen LogP contribution in [0.2, 0.25) is 0 Å². The largest absolute Gasteiger partial charge is 0.425 e. The van der Waals surface area contributed by atoms with Crippen molar-refractivity contribution in [1.82, 2.24) is 28.9 Å². The molecule has 1 aliphatic heterocycles. The Balaban J connectivity index is 1.13. The first-order valence-electron chi connectivity index (χ1n) is 12.6. The van der Waals surface area contributed by atoms with E-state index in [1.807, 2.05) is 69.8 Å². The Hall–Kier alpha value is -4.60. The molecule has 4 aromatic rings. The first-order valence-corrected chi connectivity index (χ1v) is 12.6. The van der Waals surface area contributed by atoms with Gasteiger partial charge in [-0.2, -0.15) is 0 Å². The van der Waals surface area contributed by atoms with Gasteiger partial charge in [-0.25, -0.2) is 19.6 Å². The van der Waals surface area contributed by atoms with E-state index in [4.69, 9.17) is 9.47 Å². The molecule has 10 heteroatoms. The number of hydrogen-bond donors (Lipinski definition) is 0. The summed E-state index contributed by atoms with van der Waals surface area (Å²) in [6.07, 6.45) is 5.00. The van der Waals surface area contributed by atoms with Gasteiger partial charge in [0.1, 0.15) is 11.6 Å². The number of carbonyl (C=O) groups excluding carboxylic acids is 2. The number of rotatable bonds is 6. The van der Waals surface area contributed by atoms with Crippen LogP contribution in [0.4, 0.5) is 9.59 Å². The lowest BCUT2D eigenvalue weighted by Gasteiger charge is -2.34. The van der Waals surface area contributed by atoms with E-state index in [1.54, 1.807) is 48.4 Å². The quantitative estimate of drug-likeness (QED) is 0.358. The molecule has 0 spiro atoms. The molecule has 2 amide bonds. The van der Waals surface area contributed by atoms with Crippen LogP contribution in [0, 0.1) is 0 Å². The van der Waals surface area contributed by atoms with Gasteiger partial charge in [0.25, 0.3) is 0 Å². The summed E-state index contributed by atoms with van der Waals surface area (Å²) in [7, 11) is 0. The van der Waals surface area contributed by atoms with Gasteiger partial charge >= 0.3 is 12.2 Å². The number of imidazole rings is 2. The fourth-order valence-electron chi connectivity index (χ4n) is 4.46. The second-order valence-corrected chi connectivity index (χ2v) is 8.99. The Kier molecular flexibility index (Phi) is 7.39. The number of piperazine rings is 1. The van der Waals surface area contributed by atoms with E-state index in [2.05, 4.69) is 9.97 Å². The highest BCUT2D eigenvalue weighted by atomic mass is 16.6. The number of aromatic nitrogens is 4. The zero-order chi connectivity index (χ0) is 26.5. The molecule has 5 rings (SSSR count). The third kappa shape index (κ3) is 5.39. The normalized spacial score (nSPS) is 15.1. The summed E-state index contributed by atoms with van der Waals surface area (Å²) in [5, 5.41) is 0. The SMILES string of the molecule is C[C@@H](OC(=O)N1CCN(C(=O)O[C@H](C)n2ccnc2-c2ccccc2)CC1)n1ccnc1-c1ccccc1. The summed E-state index contributed by atoms with van der Waals surface area (Å²) < 4.78 is 15.1. The van der Waals surface area contributed by atoms with Crippen molar-refractivity contribution in [1.29, 1.82) is 0 Å². The molecular formula is C28H30N6O4. The number of benzene rings is 2. The lowest BCUT2D eigenvalue weighted by Crippen LogP contribution is -2.51. The van der Waals surface area contributed by atoms with Crippen LogP contribution in [0.25, 0.3) is 22.8 Å². The Morgan fingerprint density at radius 3 is 1.39 bits per heavy atom. The maximum Gasteiger partial charge on any atom is 0.411 e. The molecule has 2 aromatic carbocycles. The fourth-order valence-corrected chi connectivity index (χ4v) is 4.46. The van der Waals surface area contributed by atoms with Crippen LogP contribution in [0.5, 0.6) is 0 Å². The van der Waals surface area contributed by atoms with Crippen LogP contribution < -0.4 is 0 Å². The Labute approximate surface area is 221 Å². The van der Waals surface area contributed by atoms with Gasteiger partial charge in [-0.05, 0) is 13.8 Å². The molecule has 10 nitrogen and oxygen atoms in total.